The summed E-state index contributed by atoms with van der Waals surface area (Å²) in [6, 6.07) is 15.6. The number of fused-ring (bicyclic) bond motifs is 1. The second-order valence-corrected chi connectivity index (χ2v) is 8.62. The molecule has 1 aromatic heterocycles. The topological polar surface area (TPSA) is 85.7 Å². The van der Waals surface area contributed by atoms with E-state index in [0.29, 0.717) is 51.0 Å². The molecular formula is C27H23Cl2N3O4. The molecule has 36 heavy (non-hydrogen) atoms. The molecule has 0 saturated carbocycles. The first-order valence-electron chi connectivity index (χ1n) is 11.2. The molecule has 0 aliphatic rings. The summed E-state index contributed by atoms with van der Waals surface area (Å²) in [6.07, 6.45) is 3.68. The fraction of sp³-hybridized carbons (Fsp3) is 0.148. The first kappa shape index (κ1) is 25.3. The van der Waals surface area contributed by atoms with Crippen molar-refractivity contribution in [1.82, 2.24) is 9.66 Å². The molecule has 9 heteroatoms. The molecular weight excluding hydrogens is 501 g/mol. The maximum atomic E-state index is 12.8. The lowest BCUT2D eigenvalue weighted by Gasteiger charge is -2.17. The molecule has 0 aliphatic carbocycles. The van der Waals surface area contributed by atoms with Crippen molar-refractivity contribution in [3.05, 3.63) is 115 Å². The van der Waals surface area contributed by atoms with Crippen LogP contribution in [0.15, 0.2) is 81.9 Å². The van der Waals surface area contributed by atoms with Gasteiger partial charge in [-0.2, -0.15) is 5.10 Å². The largest absolute Gasteiger partial charge is 0.490 e. The highest BCUT2D eigenvalue weighted by Crippen LogP contribution is 2.34. The molecule has 0 unspecified atom stereocenters. The summed E-state index contributed by atoms with van der Waals surface area (Å²) in [5.74, 6) is 1.05. The average molecular weight is 524 g/mol. The summed E-state index contributed by atoms with van der Waals surface area (Å²) in [6.45, 7) is 6.35. The van der Waals surface area contributed by atoms with Gasteiger partial charge in [0.05, 0.1) is 33.8 Å². The van der Waals surface area contributed by atoms with E-state index in [2.05, 4.69) is 16.7 Å². The summed E-state index contributed by atoms with van der Waals surface area (Å²) in [5, 5.41) is 5.43. The Bertz CT molecular complexity index is 1570. The van der Waals surface area contributed by atoms with Crippen molar-refractivity contribution in [3.8, 4) is 11.5 Å². The van der Waals surface area contributed by atoms with Gasteiger partial charge < -0.3 is 14.5 Å². The zero-order valence-electron chi connectivity index (χ0n) is 19.5. The van der Waals surface area contributed by atoms with Crippen LogP contribution in [0.2, 0.25) is 10.0 Å². The number of ether oxygens (including phenoxy) is 2. The smallest absolute Gasteiger partial charge is 0.349 e. The van der Waals surface area contributed by atoms with Crippen LogP contribution in [-0.2, 0) is 13.0 Å². The molecule has 0 bridgehead atoms. The molecule has 0 spiro atoms. The molecule has 0 amide bonds. The second kappa shape index (κ2) is 11.3. The number of para-hydroxylation sites is 1. The minimum atomic E-state index is -0.632. The van der Waals surface area contributed by atoms with Gasteiger partial charge in [-0.15, -0.1) is 11.3 Å². The van der Waals surface area contributed by atoms with E-state index in [1.54, 1.807) is 48.5 Å². The number of aromatic nitrogens is 2. The number of hydrogen-bond acceptors (Lipinski definition) is 5. The Morgan fingerprint density at radius 1 is 1.06 bits per heavy atom. The van der Waals surface area contributed by atoms with Crippen molar-refractivity contribution in [1.29, 1.82) is 0 Å². The fourth-order valence-electron chi connectivity index (χ4n) is 3.66. The maximum Gasteiger partial charge on any atom is 0.349 e. The minimum Gasteiger partial charge on any atom is -0.490 e. The Balaban J connectivity index is 1.70. The molecule has 0 saturated heterocycles. The Morgan fingerprint density at radius 2 is 1.86 bits per heavy atom. The van der Waals surface area contributed by atoms with Gasteiger partial charge in [-0.1, -0.05) is 47.5 Å². The third-order valence-electron chi connectivity index (χ3n) is 5.29. The predicted octanol–water partition coefficient (Wildman–Crippen LogP) is 5.59. The van der Waals surface area contributed by atoms with E-state index in [1.807, 2.05) is 19.1 Å². The van der Waals surface area contributed by atoms with Gasteiger partial charge in [-0.3, -0.25) is 4.79 Å². The van der Waals surface area contributed by atoms with Gasteiger partial charge in [0.1, 0.15) is 6.61 Å². The van der Waals surface area contributed by atoms with Gasteiger partial charge in [0, 0.05) is 5.56 Å². The van der Waals surface area contributed by atoms with Gasteiger partial charge in [0.2, 0.25) is 0 Å². The van der Waals surface area contributed by atoms with Crippen LogP contribution >= 0.6 is 23.2 Å². The highest BCUT2D eigenvalue weighted by Gasteiger charge is 2.14. The quantitative estimate of drug-likeness (QED) is 0.229. The normalized spacial score (nSPS) is 11.2. The highest BCUT2D eigenvalue weighted by atomic mass is 35.5. The monoisotopic (exact) mass is 523 g/mol. The average Bonchev–Trinajstić information content (AvgIpc) is 2.86. The molecule has 0 atom stereocenters. The number of aromatic amines is 1. The SMILES string of the molecule is C=CCc1cc(C=Nn2c(=O)[nH]c3ccccc3c2=O)cc(OCC)c1OCc1ccc(Cl)c(Cl)c1. The minimum absolute atomic E-state index is 0.246. The molecule has 0 radical (unpaired) electrons. The molecule has 3 aromatic carbocycles. The summed E-state index contributed by atoms with van der Waals surface area (Å²) in [5.41, 5.74) is 1.58. The van der Waals surface area contributed by atoms with Crippen LogP contribution in [0.4, 0.5) is 0 Å². The third kappa shape index (κ3) is 5.53. The fourth-order valence-corrected chi connectivity index (χ4v) is 3.98. The number of allylic oxidation sites excluding steroid dienone is 1. The standard InChI is InChI=1S/C27H23Cl2N3O4/c1-3-7-19-12-18(15-30-32-26(33)20-8-5-6-9-23(20)31-27(32)34)14-24(35-4-2)25(19)36-16-17-10-11-21(28)22(29)13-17/h3,5-6,8-15H,1,4,7,16H2,2H3,(H,31,34). The van der Waals surface area contributed by atoms with E-state index >= 15 is 0 Å². The Morgan fingerprint density at radius 3 is 2.61 bits per heavy atom. The van der Waals surface area contributed by atoms with E-state index in [9.17, 15) is 9.59 Å². The van der Waals surface area contributed by atoms with Crippen molar-refractivity contribution >= 4 is 40.3 Å². The van der Waals surface area contributed by atoms with Gasteiger partial charge in [0.15, 0.2) is 11.5 Å². The zero-order chi connectivity index (χ0) is 25.7. The van der Waals surface area contributed by atoms with E-state index in [4.69, 9.17) is 32.7 Å². The van der Waals surface area contributed by atoms with E-state index in [0.717, 1.165) is 15.8 Å². The van der Waals surface area contributed by atoms with Crippen LogP contribution in [0.25, 0.3) is 10.9 Å². The summed E-state index contributed by atoms with van der Waals surface area (Å²) < 4.78 is 12.8. The summed E-state index contributed by atoms with van der Waals surface area (Å²) in [4.78, 5) is 27.9. The molecule has 4 aromatic rings. The van der Waals surface area contributed by atoms with Crippen LogP contribution < -0.4 is 20.7 Å². The predicted molar refractivity (Wildman–Crippen MR) is 144 cm³/mol. The van der Waals surface area contributed by atoms with E-state index in [1.165, 1.54) is 6.21 Å². The Labute approximate surface area is 217 Å². The van der Waals surface area contributed by atoms with Crippen LogP contribution in [0, 0.1) is 0 Å². The molecule has 1 heterocycles. The number of benzene rings is 3. The molecule has 0 fully saturated rings. The Kier molecular flexibility index (Phi) is 7.93. The van der Waals surface area contributed by atoms with E-state index in [-0.39, 0.29) is 6.61 Å². The lowest BCUT2D eigenvalue weighted by atomic mass is 10.1. The molecule has 4 rings (SSSR count). The summed E-state index contributed by atoms with van der Waals surface area (Å²) in [7, 11) is 0. The maximum absolute atomic E-state index is 12.8. The molecule has 0 aliphatic heterocycles. The lowest BCUT2D eigenvalue weighted by Crippen LogP contribution is -2.32. The first-order valence-corrected chi connectivity index (χ1v) is 11.9. The van der Waals surface area contributed by atoms with Gasteiger partial charge in [-0.25, -0.2) is 4.79 Å². The summed E-state index contributed by atoms with van der Waals surface area (Å²) >= 11 is 12.1. The van der Waals surface area contributed by atoms with Crippen molar-refractivity contribution in [3.63, 3.8) is 0 Å². The van der Waals surface area contributed by atoms with Crippen LogP contribution in [-0.4, -0.2) is 22.5 Å². The molecule has 184 valence electrons. The number of nitrogens with zero attached hydrogens (tertiary/aromatic N) is 2. The first-order chi connectivity index (χ1) is 17.4. The van der Waals surface area contributed by atoms with Gasteiger partial charge >= 0.3 is 5.69 Å². The van der Waals surface area contributed by atoms with Gasteiger partial charge in [0.25, 0.3) is 5.56 Å². The van der Waals surface area contributed by atoms with Gasteiger partial charge in [-0.05, 0) is 60.9 Å². The number of H-pyrrole nitrogens is 1. The number of halogens is 2. The van der Waals surface area contributed by atoms with E-state index < -0.39 is 11.2 Å². The second-order valence-electron chi connectivity index (χ2n) is 7.81. The molecule has 1 N–H and O–H groups in total. The number of rotatable bonds is 9. The van der Waals surface area contributed by atoms with Crippen LogP contribution in [0.1, 0.15) is 23.6 Å². The number of hydrogen-bond donors (Lipinski definition) is 1. The number of nitrogens with one attached hydrogen (secondary N) is 1. The third-order valence-corrected chi connectivity index (χ3v) is 6.03. The van der Waals surface area contributed by atoms with Crippen LogP contribution in [0.5, 0.6) is 11.5 Å². The Hall–Kier alpha value is -3.81. The highest BCUT2D eigenvalue weighted by molar-refractivity contribution is 6.42. The van der Waals surface area contributed by atoms with Crippen LogP contribution in [0.3, 0.4) is 0 Å². The van der Waals surface area contributed by atoms with Crippen molar-refractivity contribution in [2.24, 2.45) is 5.10 Å². The lowest BCUT2D eigenvalue weighted by molar-refractivity contribution is 0.267. The van der Waals surface area contributed by atoms with Crippen molar-refractivity contribution in [2.45, 2.75) is 20.0 Å². The zero-order valence-corrected chi connectivity index (χ0v) is 21.0. The molecule has 7 nitrogen and oxygen atoms in total. The van der Waals surface area contributed by atoms with Crippen molar-refractivity contribution < 1.29 is 9.47 Å². The van der Waals surface area contributed by atoms with Crippen molar-refractivity contribution in [2.75, 3.05) is 6.61 Å².